The summed E-state index contributed by atoms with van der Waals surface area (Å²) in [5.41, 5.74) is 3.24. The topological polar surface area (TPSA) is 53.8 Å². The smallest absolute Gasteiger partial charge is 0.166 e. The molecular weight excluding hydrogens is 180 g/mol. The van der Waals surface area contributed by atoms with Gasteiger partial charge in [-0.3, -0.25) is 0 Å². The second-order valence-corrected chi connectivity index (χ2v) is 2.61. The van der Waals surface area contributed by atoms with Crippen LogP contribution in [0.15, 0.2) is 23.3 Å². The molecule has 2 N–H and O–H groups in total. The van der Waals surface area contributed by atoms with Crippen molar-refractivity contribution in [3.63, 3.8) is 0 Å². The maximum atomic E-state index is 9.70. The first-order valence-electron chi connectivity index (χ1n) is 4.44. The van der Waals surface area contributed by atoms with E-state index < -0.39 is 0 Å². The van der Waals surface area contributed by atoms with Crippen LogP contribution in [0.5, 0.6) is 11.5 Å². The minimum Gasteiger partial charge on any atom is -0.504 e. The van der Waals surface area contributed by atoms with Crippen LogP contribution in [0.3, 0.4) is 0 Å². The summed E-state index contributed by atoms with van der Waals surface area (Å²) in [6, 6.07) is 5.29. The molecule has 76 valence electrons. The molecule has 0 bridgehead atoms. The van der Waals surface area contributed by atoms with Crippen molar-refractivity contribution in [2.75, 3.05) is 13.7 Å². The number of benzene rings is 1. The molecule has 0 heterocycles. The number of nitrogens with zero attached hydrogens (tertiary/aromatic N) is 1. The largest absolute Gasteiger partial charge is 0.504 e. The van der Waals surface area contributed by atoms with Crippen LogP contribution in [0, 0.1) is 0 Å². The van der Waals surface area contributed by atoms with Crippen LogP contribution in [0.2, 0.25) is 0 Å². The Bertz CT molecular complexity index is 324. The Balaban J connectivity index is 2.95. The van der Waals surface area contributed by atoms with E-state index in [1.54, 1.807) is 19.2 Å². The van der Waals surface area contributed by atoms with Crippen LogP contribution >= 0.6 is 0 Å². The highest BCUT2D eigenvalue weighted by Crippen LogP contribution is 2.28. The summed E-state index contributed by atoms with van der Waals surface area (Å²) < 4.78 is 5.23. The number of ether oxygens (including phenoxy) is 1. The maximum Gasteiger partial charge on any atom is 0.166 e. The molecule has 4 heteroatoms. The number of phenolic OH excluding ortho intramolecular Hbond substituents is 1. The third kappa shape index (κ3) is 2.39. The SMILES string of the molecule is CCOc1cccc(/C=N/NC)c1O. The number of aromatic hydroxyl groups is 1. The summed E-state index contributed by atoms with van der Waals surface area (Å²) in [6.07, 6.45) is 1.54. The van der Waals surface area contributed by atoms with E-state index >= 15 is 0 Å². The van der Waals surface area contributed by atoms with Crippen LogP contribution in [0.1, 0.15) is 12.5 Å². The number of rotatable bonds is 4. The third-order valence-electron chi connectivity index (χ3n) is 1.66. The lowest BCUT2D eigenvalue weighted by atomic mass is 10.2. The zero-order valence-electron chi connectivity index (χ0n) is 8.32. The Morgan fingerprint density at radius 3 is 3.00 bits per heavy atom. The van der Waals surface area contributed by atoms with E-state index in [0.717, 1.165) is 0 Å². The van der Waals surface area contributed by atoms with Gasteiger partial charge < -0.3 is 15.3 Å². The molecule has 4 nitrogen and oxygen atoms in total. The first-order chi connectivity index (χ1) is 6.79. The van der Waals surface area contributed by atoms with Crippen molar-refractivity contribution in [1.29, 1.82) is 0 Å². The molecule has 0 saturated heterocycles. The Labute approximate surface area is 83.2 Å². The summed E-state index contributed by atoms with van der Waals surface area (Å²) in [4.78, 5) is 0. The number of nitrogens with one attached hydrogen (secondary N) is 1. The Kier molecular flexibility index (Phi) is 3.79. The van der Waals surface area contributed by atoms with Gasteiger partial charge in [-0.25, -0.2) is 0 Å². The summed E-state index contributed by atoms with van der Waals surface area (Å²) in [5, 5.41) is 13.5. The summed E-state index contributed by atoms with van der Waals surface area (Å²) >= 11 is 0. The summed E-state index contributed by atoms with van der Waals surface area (Å²) in [6.45, 7) is 2.40. The predicted octanol–water partition coefficient (Wildman–Crippen LogP) is 1.34. The molecule has 0 radical (unpaired) electrons. The van der Waals surface area contributed by atoms with E-state index in [9.17, 15) is 5.11 Å². The first kappa shape index (κ1) is 10.4. The molecule has 0 fully saturated rings. The summed E-state index contributed by atoms with van der Waals surface area (Å²) in [5.74, 6) is 0.598. The Hall–Kier alpha value is -1.71. The molecule has 0 saturated carbocycles. The van der Waals surface area contributed by atoms with Gasteiger partial charge in [0.15, 0.2) is 11.5 Å². The van der Waals surface area contributed by atoms with Gasteiger partial charge in [0.25, 0.3) is 0 Å². The minimum absolute atomic E-state index is 0.119. The van der Waals surface area contributed by atoms with Crippen LogP contribution in [-0.4, -0.2) is 25.0 Å². The standard InChI is InChI=1S/C10H14N2O2/c1-3-14-9-6-4-5-8(10(9)13)7-12-11-2/h4-7,11,13H,3H2,1-2H3/b12-7+. The van der Waals surface area contributed by atoms with Gasteiger partial charge in [-0.1, -0.05) is 6.07 Å². The van der Waals surface area contributed by atoms with Crippen molar-refractivity contribution in [2.45, 2.75) is 6.92 Å². The lowest BCUT2D eigenvalue weighted by Crippen LogP contribution is -1.97. The number of phenols is 1. The minimum atomic E-state index is 0.119. The lowest BCUT2D eigenvalue weighted by Gasteiger charge is -2.06. The van der Waals surface area contributed by atoms with Gasteiger partial charge in [0.2, 0.25) is 0 Å². The molecule has 0 aromatic heterocycles. The number of hydrazone groups is 1. The van der Waals surface area contributed by atoms with E-state index in [2.05, 4.69) is 10.5 Å². The van der Waals surface area contributed by atoms with Gasteiger partial charge in [-0.15, -0.1) is 0 Å². The molecule has 0 spiro atoms. The molecule has 0 aliphatic carbocycles. The fraction of sp³-hybridized carbons (Fsp3) is 0.300. The van der Waals surface area contributed by atoms with Gasteiger partial charge in [-0.05, 0) is 19.1 Å². The zero-order valence-corrected chi connectivity index (χ0v) is 8.32. The fourth-order valence-corrected chi connectivity index (χ4v) is 1.05. The van der Waals surface area contributed by atoms with Gasteiger partial charge in [0.05, 0.1) is 12.8 Å². The van der Waals surface area contributed by atoms with Crippen LogP contribution < -0.4 is 10.2 Å². The molecule has 0 unspecified atom stereocenters. The van der Waals surface area contributed by atoms with E-state index in [1.165, 1.54) is 6.21 Å². The van der Waals surface area contributed by atoms with Gasteiger partial charge in [-0.2, -0.15) is 5.10 Å². The van der Waals surface area contributed by atoms with Gasteiger partial charge in [0, 0.05) is 12.6 Å². The first-order valence-corrected chi connectivity index (χ1v) is 4.44. The van der Waals surface area contributed by atoms with Crippen molar-refractivity contribution in [1.82, 2.24) is 5.43 Å². The third-order valence-corrected chi connectivity index (χ3v) is 1.66. The quantitative estimate of drug-likeness (QED) is 0.562. The van der Waals surface area contributed by atoms with Crippen molar-refractivity contribution < 1.29 is 9.84 Å². The highest BCUT2D eigenvalue weighted by molar-refractivity contribution is 5.84. The Morgan fingerprint density at radius 1 is 1.57 bits per heavy atom. The molecule has 0 aliphatic rings. The van der Waals surface area contributed by atoms with Crippen LogP contribution in [-0.2, 0) is 0 Å². The maximum absolute atomic E-state index is 9.70. The van der Waals surface area contributed by atoms with Crippen LogP contribution in [0.25, 0.3) is 0 Å². The van der Waals surface area contributed by atoms with Crippen molar-refractivity contribution in [3.8, 4) is 11.5 Å². The molecule has 0 amide bonds. The second-order valence-electron chi connectivity index (χ2n) is 2.61. The van der Waals surface area contributed by atoms with E-state index in [0.29, 0.717) is 17.9 Å². The van der Waals surface area contributed by atoms with E-state index in [4.69, 9.17) is 4.74 Å². The normalized spacial score (nSPS) is 10.4. The highest BCUT2D eigenvalue weighted by Gasteiger charge is 2.04. The van der Waals surface area contributed by atoms with Crippen molar-refractivity contribution >= 4 is 6.21 Å². The zero-order chi connectivity index (χ0) is 10.4. The average molecular weight is 194 g/mol. The number of hydrogen-bond acceptors (Lipinski definition) is 4. The van der Waals surface area contributed by atoms with Crippen molar-refractivity contribution in [2.24, 2.45) is 5.10 Å². The Morgan fingerprint density at radius 2 is 2.36 bits per heavy atom. The van der Waals surface area contributed by atoms with Crippen LogP contribution in [0.4, 0.5) is 0 Å². The van der Waals surface area contributed by atoms with Crippen molar-refractivity contribution in [3.05, 3.63) is 23.8 Å². The molecule has 1 rings (SSSR count). The average Bonchev–Trinajstić information content (AvgIpc) is 2.20. The van der Waals surface area contributed by atoms with E-state index in [1.807, 2.05) is 13.0 Å². The number of hydrogen-bond donors (Lipinski definition) is 2. The molecular formula is C10H14N2O2. The second kappa shape index (κ2) is 5.11. The fourth-order valence-electron chi connectivity index (χ4n) is 1.05. The lowest BCUT2D eigenvalue weighted by molar-refractivity contribution is 0.318. The molecule has 0 aliphatic heterocycles. The van der Waals surface area contributed by atoms with Gasteiger partial charge in [0.1, 0.15) is 0 Å². The molecule has 1 aromatic rings. The highest BCUT2D eigenvalue weighted by atomic mass is 16.5. The van der Waals surface area contributed by atoms with Gasteiger partial charge >= 0.3 is 0 Å². The molecule has 1 aromatic carbocycles. The predicted molar refractivity (Wildman–Crippen MR) is 55.9 cm³/mol. The molecule has 14 heavy (non-hydrogen) atoms. The monoisotopic (exact) mass is 194 g/mol. The van der Waals surface area contributed by atoms with E-state index in [-0.39, 0.29) is 5.75 Å². The molecule has 0 atom stereocenters. The summed E-state index contributed by atoms with van der Waals surface area (Å²) in [7, 11) is 1.69. The number of para-hydroxylation sites is 1.